The Labute approximate surface area is 193 Å². The Morgan fingerprint density at radius 3 is 2.55 bits per heavy atom. The van der Waals surface area contributed by atoms with Crippen molar-refractivity contribution in [3.63, 3.8) is 0 Å². The van der Waals surface area contributed by atoms with E-state index in [9.17, 15) is 18.0 Å². The third-order valence-electron chi connectivity index (χ3n) is 5.84. The average Bonchev–Trinajstić information content (AvgIpc) is 3.35. The molecule has 0 saturated carbocycles. The van der Waals surface area contributed by atoms with E-state index < -0.39 is 21.5 Å². The lowest BCUT2D eigenvalue weighted by molar-refractivity contribution is 0.0951. The number of aromatic nitrogens is 1. The maximum absolute atomic E-state index is 13.0. The Kier molecular flexibility index (Phi) is 6.92. The van der Waals surface area contributed by atoms with Crippen LogP contribution in [0, 0.1) is 0 Å². The molecular formula is C24H28N4O4S. The minimum atomic E-state index is -3.64. The lowest BCUT2D eigenvalue weighted by Gasteiger charge is -2.18. The second-order valence-electron chi connectivity index (χ2n) is 8.35. The minimum Gasteiger partial charge on any atom is -0.351 e. The van der Waals surface area contributed by atoms with Crippen LogP contribution in [0.1, 0.15) is 28.8 Å². The number of rotatable bonds is 8. The molecule has 2 aromatic carbocycles. The first-order chi connectivity index (χ1) is 15.8. The highest BCUT2D eigenvalue weighted by Crippen LogP contribution is 2.25. The molecule has 0 spiro atoms. The quantitative estimate of drug-likeness (QED) is 0.528. The molecule has 9 heteroatoms. The van der Waals surface area contributed by atoms with Gasteiger partial charge in [-0.05, 0) is 43.7 Å². The molecule has 0 radical (unpaired) electrons. The molecule has 1 aliphatic rings. The molecule has 0 atom stereocenters. The Hall–Kier alpha value is -3.01. The van der Waals surface area contributed by atoms with Gasteiger partial charge >= 0.3 is 0 Å². The van der Waals surface area contributed by atoms with Crippen LogP contribution in [0.5, 0.6) is 0 Å². The van der Waals surface area contributed by atoms with Crippen molar-refractivity contribution >= 4 is 26.8 Å². The van der Waals surface area contributed by atoms with E-state index in [4.69, 9.17) is 0 Å². The first-order valence-electron chi connectivity index (χ1n) is 11.0. The zero-order valence-corrected chi connectivity index (χ0v) is 19.4. The molecule has 0 unspecified atom stereocenters. The van der Waals surface area contributed by atoms with Crippen molar-refractivity contribution in [2.24, 2.45) is 0 Å². The van der Waals surface area contributed by atoms with E-state index in [0.29, 0.717) is 37.1 Å². The van der Waals surface area contributed by atoms with Crippen molar-refractivity contribution < 1.29 is 13.2 Å². The standard InChI is InChI=1S/C24H28N4O4S/c1-27(17-18-7-3-2-4-8-18)14-11-25-24(30)21-16-23(29)26-22-10-9-19(15-20(21)22)33(31,32)28-12-5-6-13-28/h2-4,7-10,15-16H,5-6,11-14,17H2,1H3,(H,25,30)(H,26,29). The monoisotopic (exact) mass is 468 g/mol. The normalized spacial score (nSPS) is 14.7. The highest BCUT2D eigenvalue weighted by molar-refractivity contribution is 7.89. The number of aromatic amines is 1. The number of benzene rings is 2. The second kappa shape index (κ2) is 9.86. The van der Waals surface area contributed by atoms with Crippen LogP contribution >= 0.6 is 0 Å². The molecule has 0 aliphatic carbocycles. The predicted octanol–water partition coefficient (Wildman–Crippen LogP) is 2.17. The molecule has 4 rings (SSSR count). The van der Waals surface area contributed by atoms with Crippen LogP contribution in [0.2, 0.25) is 0 Å². The van der Waals surface area contributed by atoms with Crippen LogP contribution in [0.25, 0.3) is 10.9 Å². The first kappa shape index (κ1) is 23.2. The fourth-order valence-electron chi connectivity index (χ4n) is 4.09. The van der Waals surface area contributed by atoms with Gasteiger partial charge in [-0.15, -0.1) is 0 Å². The topological polar surface area (TPSA) is 103 Å². The highest BCUT2D eigenvalue weighted by atomic mass is 32.2. The molecule has 1 aliphatic heterocycles. The largest absolute Gasteiger partial charge is 0.351 e. The van der Waals surface area contributed by atoms with Gasteiger partial charge in [0.15, 0.2) is 0 Å². The van der Waals surface area contributed by atoms with Gasteiger partial charge in [-0.3, -0.25) is 9.59 Å². The fourth-order valence-corrected chi connectivity index (χ4v) is 5.63. The molecule has 1 fully saturated rings. The SMILES string of the molecule is CN(CCNC(=O)c1cc(=O)[nH]c2ccc(S(=O)(=O)N3CCCC3)cc12)Cc1ccccc1. The third kappa shape index (κ3) is 5.32. The predicted molar refractivity (Wildman–Crippen MR) is 128 cm³/mol. The Morgan fingerprint density at radius 1 is 1.09 bits per heavy atom. The van der Waals surface area contributed by atoms with Gasteiger partial charge in [-0.2, -0.15) is 4.31 Å². The summed E-state index contributed by atoms with van der Waals surface area (Å²) in [6.45, 7) is 2.76. The van der Waals surface area contributed by atoms with Crippen molar-refractivity contribution in [2.45, 2.75) is 24.3 Å². The van der Waals surface area contributed by atoms with E-state index in [1.165, 1.54) is 28.1 Å². The number of pyridine rings is 1. The van der Waals surface area contributed by atoms with E-state index in [1.807, 2.05) is 37.4 Å². The van der Waals surface area contributed by atoms with Crippen LogP contribution in [0.4, 0.5) is 0 Å². The number of hydrogen-bond donors (Lipinski definition) is 2. The van der Waals surface area contributed by atoms with Crippen molar-refractivity contribution in [3.05, 3.63) is 76.1 Å². The van der Waals surface area contributed by atoms with Crippen LogP contribution in [-0.4, -0.2) is 61.7 Å². The van der Waals surface area contributed by atoms with Crippen molar-refractivity contribution in [1.82, 2.24) is 19.5 Å². The van der Waals surface area contributed by atoms with E-state index >= 15 is 0 Å². The van der Waals surface area contributed by atoms with Gasteiger partial charge in [0.1, 0.15) is 0 Å². The molecule has 174 valence electrons. The number of carbonyl (C=O) groups is 1. The number of nitrogens with one attached hydrogen (secondary N) is 2. The molecular weight excluding hydrogens is 440 g/mol. The lowest BCUT2D eigenvalue weighted by Crippen LogP contribution is -2.33. The molecule has 33 heavy (non-hydrogen) atoms. The van der Waals surface area contributed by atoms with Crippen LogP contribution in [0.15, 0.2) is 64.3 Å². The van der Waals surface area contributed by atoms with Crippen molar-refractivity contribution in [3.8, 4) is 0 Å². The van der Waals surface area contributed by atoms with E-state index in [1.54, 1.807) is 6.07 Å². The third-order valence-corrected chi connectivity index (χ3v) is 7.73. The Bertz CT molecular complexity index is 1300. The summed E-state index contributed by atoms with van der Waals surface area (Å²) in [4.78, 5) is 29.9. The zero-order chi connectivity index (χ0) is 23.4. The molecule has 3 aromatic rings. The zero-order valence-electron chi connectivity index (χ0n) is 18.6. The van der Waals surface area contributed by atoms with Gasteiger partial charge in [0.05, 0.1) is 10.5 Å². The smallest absolute Gasteiger partial charge is 0.252 e. The Balaban J connectivity index is 1.51. The Morgan fingerprint density at radius 2 is 1.82 bits per heavy atom. The number of H-pyrrole nitrogens is 1. The van der Waals surface area contributed by atoms with Gasteiger partial charge in [0.2, 0.25) is 15.6 Å². The lowest BCUT2D eigenvalue weighted by atomic mass is 10.1. The number of nitrogens with zero attached hydrogens (tertiary/aromatic N) is 2. The molecule has 8 nitrogen and oxygen atoms in total. The van der Waals surface area contributed by atoms with E-state index in [0.717, 1.165) is 19.4 Å². The van der Waals surface area contributed by atoms with Gasteiger partial charge in [-0.1, -0.05) is 30.3 Å². The number of amides is 1. The minimum absolute atomic E-state index is 0.126. The van der Waals surface area contributed by atoms with E-state index in [-0.39, 0.29) is 10.5 Å². The number of likely N-dealkylation sites (N-methyl/N-ethyl adjacent to an activating group) is 1. The summed E-state index contributed by atoms with van der Waals surface area (Å²) < 4.78 is 27.4. The molecule has 1 aromatic heterocycles. The fraction of sp³-hybridized carbons (Fsp3) is 0.333. The summed E-state index contributed by atoms with van der Waals surface area (Å²) in [5.41, 5.74) is 1.36. The van der Waals surface area contributed by atoms with Crippen LogP contribution < -0.4 is 10.9 Å². The summed E-state index contributed by atoms with van der Waals surface area (Å²) in [7, 11) is -1.67. The molecule has 2 heterocycles. The summed E-state index contributed by atoms with van der Waals surface area (Å²) in [5, 5.41) is 3.26. The summed E-state index contributed by atoms with van der Waals surface area (Å²) in [6, 6.07) is 15.8. The molecule has 1 amide bonds. The average molecular weight is 469 g/mol. The number of fused-ring (bicyclic) bond motifs is 1. The summed E-state index contributed by atoms with van der Waals surface area (Å²) in [5.74, 6) is -0.407. The van der Waals surface area contributed by atoms with Crippen LogP contribution in [0.3, 0.4) is 0 Å². The van der Waals surface area contributed by atoms with Gasteiger partial charge in [0, 0.05) is 49.7 Å². The maximum atomic E-state index is 13.0. The van der Waals surface area contributed by atoms with Crippen molar-refractivity contribution in [1.29, 1.82) is 0 Å². The first-order valence-corrected chi connectivity index (χ1v) is 12.5. The van der Waals surface area contributed by atoms with Crippen molar-refractivity contribution in [2.75, 3.05) is 33.2 Å². The number of sulfonamides is 1. The van der Waals surface area contributed by atoms with Gasteiger partial charge in [0.25, 0.3) is 5.91 Å². The maximum Gasteiger partial charge on any atom is 0.252 e. The summed E-state index contributed by atoms with van der Waals surface area (Å²) >= 11 is 0. The molecule has 1 saturated heterocycles. The van der Waals surface area contributed by atoms with Gasteiger partial charge < -0.3 is 15.2 Å². The molecule has 0 bridgehead atoms. The number of hydrogen-bond acceptors (Lipinski definition) is 5. The summed E-state index contributed by atoms with van der Waals surface area (Å²) in [6.07, 6.45) is 1.68. The molecule has 2 N–H and O–H groups in total. The number of carbonyl (C=O) groups excluding carboxylic acids is 1. The second-order valence-corrected chi connectivity index (χ2v) is 10.3. The van der Waals surface area contributed by atoms with Crippen LogP contribution in [-0.2, 0) is 16.6 Å². The van der Waals surface area contributed by atoms with E-state index in [2.05, 4.69) is 15.2 Å². The van der Waals surface area contributed by atoms with Gasteiger partial charge in [-0.25, -0.2) is 8.42 Å². The highest BCUT2D eigenvalue weighted by Gasteiger charge is 2.27.